The van der Waals surface area contributed by atoms with Crippen LogP contribution in [0.1, 0.15) is 33.5 Å². The molecule has 1 aliphatic heterocycles. The number of amides is 3. The molecule has 0 spiro atoms. The number of rotatable bonds is 3. The fraction of sp³-hybridized carbons (Fsp3) is 0.364. The van der Waals surface area contributed by atoms with Gasteiger partial charge in [0.05, 0.1) is 0 Å². The number of nitrogens with one attached hydrogen (secondary N) is 1. The molecule has 0 aliphatic carbocycles. The number of urea groups is 1. The molecule has 1 fully saturated rings. The van der Waals surface area contributed by atoms with Gasteiger partial charge in [0.2, 0.25) is 0 Å². The van der Waals surface area contributed by atoms with Gasteiger partial charge in [-0.05, 0) is 38.0 Å². The van der Waals surface area contributed by atoms with Crippen molar-refractivity contribution in [2.75, 3.05) is 26.2 Å². The van der Waals surface area contributed by atoms with Gasteiger partial charge in [0.25, 0.3) is 5.91 Å². The minimum Gasteiger partial charge on any atom is -0.337 e. The Labute approximate surface area is 161 Å². The van der Waals surface area contributed by atoms with Crippen LogP contribution < -0.4 is 5.32 Å². The molecule has 1 heterocycles. The average Bonchev–Trinajstić information content (AvgIpc) is 2.94. The summed E-state index contributed by atoms with van der Waals surface area (Å²) in [7, 11) is 0. The monoisotopic (exact) mass is 365 g/mol. The van der Waals surface area contributed by atoms with E-state index >= 15 is 0 Å². The second-order valence-electron chi connectivity index (χ2n) is 7.14. The molecular formula is C22H27N3O2. The highest BCUT2D eigenvalue weighted by Crippen LogP contribution is 2.11. The van der Waals surface area contributed by atoms with Crippen molar-refractivity contribution >= 4 is 11.9 Å². The Hall–Kier alpha value is -2.82. The minimum atomic E-state index is -0.0693. The van der Waals surface area contributed by atoms with Gasteiger partial charge in [0.1, 0.15) is 0 Å². The lowest BCUT2D eigenvalue weighted by Crippen LogP contribution is -2.42. The predicted molar refractivity (Wildman–Crippen MR) is 107 cm³/mol. The van der Waals surface area contributed by atoms with Crippen molar-refractivity contribution in [3.8, 4) is 0 Å². The summed E-state index contributed by atoms with van der Waals surface area (Å²) in [4.78, 5) is 28.8. The molecule has 5 nitrogen and oxygen atoms in total. The van der Waals surface area contributed by atoms with Crippen molar-refractivity contribution in [3.05, 3.63) is 70.8 Å². The molecule has 0 aromatic heterocycles. The third-order valence-electron chi connectivity index (χ3n) is 4.93. The number of carbonyl (C=O) groups excluding carboxylic acids is 2. The van der Waals surface area contributed by atoms with Crippen molar-refractivity contribution in [1.29, 1.82) is 0 Å². The molecule has 1 N–H and O–H groups in total. The van der Waals surface area contributed by atoms with Crippen molar-refractivity contribution in [2.24, 2.45) is 0 Å². The van der Waals surface area contributed by atoms with E-state index < -0.39 is 0 Å². The van der Waals surface area contributed by atoms with Crippen molar-refractivity contribution in [2.45, 2.75) is 26.8 Å². The third kappa shape index (κ3) is 5.09. The Morgan fingerprint density at radius 3 is 2.04 bits per heavy atom. The molecular weight excluding hydrogens is 338 g/mol. The lowest BCUT2D eigenvalue weighted by Gasteiger charge is -2.22. The molecule has 1 saturated heterocycles. The molecule has 0 saturated carbocycles. The summed E-state index contributed by atoms with van der Waals surface area (Å²) in [5.41, 5.74) is 4.13. The Balaban J connectivity index is 1.52. The maximum atomic E-state index is 12.7. The van der Waals surface area contributed by atoms with Crippen LogP contribution in [0.3, 0.4) is 0 Å². The average molecular weight is 365 g/mol. The summed E-state index contributed by atoms with van der Waals surface area (Å²) in [6, 6.07) is 15.7. The third-order valence-corrected chi connectivity index (χ3v) is 4.93. The number of benzene rings is 2. The van der Waals surface area contributed by atoms with Gasteiger partial charge in [0.15, 0.2) is 0 Å². The van der Waals surface area contributed by atoms with Crippen LogP contribution >= 0.6 is 0 Å². The van der Waals surface area contributed by atoms with E-state index in [0.717, 1.165) is 17.5 Å². The van der Waals surface area contributed by atoms with Crippen LogP contribution in [0.25, 0.3) is 0 Å². The highest BCUT2D eigenvalue weighted by molar-refractivity contribution is 5.94. The summed E-state index contributed by atoms with van der Waals surface area (Å²) in [5, 5.41) is 2.98. The standard InChI is InChI=1S/C22H27N3O2/c1-17-4-8-19(9-5-17)16-23-22(27)25-13-3-12-24(14-15-25)21(26)20-10-6-18(2)7-11-20/h4-11H,3,12-16H2,1-2H3,(H,23,27). The van der Waals surface area contributed by atoms with E-state index in [1.807, 2.05) is 67.3 Å². The van der Waals surface area contributed by atoms with E-state index in [-0.39, 0.29) is 11.9 Å². The fourth-order valence-electron chi connectivity index (χ4n) is 3.20. The van der Waals surface area contributed by atoms with Gasteiger partial charge in [-0.2, -0.15) is 0 Å². The van der Waals surface area contributed by atoms with Crippen LogP contribution in [0.4, 0.5) is 4.79 Å². The van der Waals surface area contributed by atoms with E-state index in [2.05, 4.69) is 5.32 Å². The summed E-state index contributed by atoms with van der Waals surface area (Å²) < 4.78 is 0. The minimum absolute atomic E-state index is 0.0388. The zero-order valence-corrected chi connectivity index (χ0v) is 16.1. The highest BCUT2D eigenvalue weighted by Gasteiger charge is 2.22. The number of hydrogen-bond donors (Lipinski definition) is 1. The second kappa shape index (κ2) is 8.71. The summed E-state index contributed by atoms with van der Waals surface area (Å²) in [6.07, 6.45) is 0.787. The number of nitrogens with zero attached hydrogens (tertiary/aromatic N) is 2. The van der Waals surface area contributed by atoms with Gasteiger partial charge in [-0.3, -0.25) is 4.79 Å². The van der Waals surface area contributed by atoms with Crippen molar-refractivity contribution in [3.63, 3.8) is 0 Å². The quantitative estimate of drug-likeness (QED) is 0.907. The molecule has 142 valence electrons. The predicted octanol–water partition coefficient (Wildman–Crippen LogP) is 3.36. The second-order valence-corrected chi connectivity index (χ2v) is 7.14. The molecule has 3 amide bonds. The van der Waals surface area contributed by atoms with Gasteiger partial charge < -0.3 is 15.1 Å². The summed E-state index contributed by atoms with van der Waals surface area (Å²) in [5.74, 6) is 0.0388. The SMILES string of the molecule is Cc1ccc(CNC(=O)N2CCCN(C(=O)c3ccc(C)cc3)CC2)cc1. The molecule has 5 heteroatoms. The van der Waals surface area contributed by atoms with E-state index in [4.69, 9.17) is 0 Å². The van der Waals surface area contributed by atoms with Crippen LogP contribution in [-0.2, 0) is 6.54 Å². The van der Waals surface area contributed by atoms with Gasteiger partial charge in [0, 0.05) is 38.3 Å². The first kappa shape index (κ1) is 19.0. The van der Waals surface area contributed by atoms with Gasteiger partial charge in [-0.25, -0.2) is 4.79 Å². The maximum absolute atomic E-state index is 12.7. The number of aryl methyl sites for hydroxylation is 2. The molecule has 0 bridgehead atoms. The largest absolute Gasteiger partial charge is 0.337 e. The van der Waals surface area contributed by atoms with Crippen LogP contribution in [0.2, 0.25) is 0 Å². The fourth-order valence-corrected chi connectivity index (χ4v) is 3.20. The molecule has 2 aromatic carbocycles. The molecule has 2 aromatic rings. The number of hydrogen-bond acceptors (Lipinski definition) is 2. The van der Waals surface area contributed by atoms with Gasteiger partial charge >= 0.3 is 6.03 Å². The zero-order valence-electron chi connectivity index (χ0n) is 16.1. The highest BCUT2D eigenvalue weighted by atomic mass is 16.2. The molecule has 0 unspecified atom stereocenters. The smallest absolute Gasteiger partial charge is 0.317 e. The Kier molecular flexibility index (Phi) is 6.12. The molecule has 0 atom stereocenters. The van der Waals surface area contributed by atoms with Crippen LogP contribution in [-0.4, -0.2) is 47.9 Å². The van der Waals surface area contributed by atoms with Crippen LogP contribution in [0.5, 0.6) is 0 Å². The van der Waals surface area contributed by atoms with Gasteiger partial charge in [-0.15, -0.1) is 0 Å². The Morgan fingerprint density at radius 1 is 0.815 bits per heavy atom. The summed E-state index contributed by atoms with van der Waals surface area (Å²) >= 11 is 0. The summed E-state index contributed by atoms with van der Waals surface area (Å²) in [6.45, 7) is 7.02. The lowest BCUT2D eigenvalue weighted by molar-refractivity contribution is 0.0762. The topological polar surface area (TPSA) is 52.7 Å². The first-order valence-corrected chi connectivity index (χ1v) is 9.47. The first-order chi connectivity index (χ1) is 13.0. The van der Waals surface area contributed by atoms with Crippen molar-refractivity contribution in [1.82, 2.24) is 15.1 Å². The molecule has 27 heavy (non-hydrogen) atoms. The van der Waals surface area contributed by atoms with Crippen LogP contribution in [0, 0.1) is 13.8 Å². The van der Waals surface area contributed by atoms with Crippen LogP contribution in [0.15, 0.2) is 48.5 Å². The van der Waals surface area contributed by atoms with Crippen molar-refractivity contribution < 1.29 is 9.59 Å². The first-order valence-electron chi connectivity index (χ1n) is 9.47. The zero-order chi connectivity index (χ0) is 19.2. The maximum Gasteiger partial charge on any atom is 0.317 e. The number of carbonyl (C=O) groups is 2. The molecule has 0 radical (unpaired) electrons. The van der Waals surface area contributed by atoms with E-state index in [9.17, 15) is 9.59 Å². The molecule has 3 rings (SSSR count). The Morgan fingerprint density at radius 2 is 1.37 bits per heavy atom. The van der Waals surface area contributed by atoms with Gasteiger partial charge in [-0.1, -0.05) is 47.5 Å². The van der Waals surface area contributed by atoms with E-state index in [0.29, 0.717) is 38.3 Å². The Bertz CT molecular complexity index is 784. The van der Waals surface area contributed by atoms with E-state index in [1.165, 1.54) is 5.56 Å². The normalized spacial score (nSPS) is 14.6. The van der Waals surface area contributed by atoms with E-state index in [1.54, 1.807) is 4.90 Å². The lowest BCUT2D eigenvalue weighted by atomic mass is 10.1. The molecule has 1 aliphatic rings.